The molecule has 0 amide bonds. The highest BCUT2D eigenvalue weighted by Gasteiger charge is 2.38. The van der Waals surface area contributed by atoms with Crippen molar-refractivity contribution in [2.24, 2.45) is 11.3 Å². The molecule has 1 aliphatic carbocycles. The summed E-state index contributed by atoms with van der Waals surface area (Å²) in [6.45, 7) is 10.0. The van der Waals surface area contributed by atoms with Gasteiger partial charge in [-0.25, -0.2) is 0 Å². The molecule has 104 valence electrons. The summed E-state index contributed by atoms with van der Waals surface area (Å²) < 4.78 is 0. The van der Waals surface area contributed by atoms with E-state index in [2.05, 4.69) is 31.0 Å². The van der Waals surface area contributed by atoms with Gasteiger partial charge in [-0.3, -0.25) is 4.90 Å². The van der Waals surface area contributed by atoms with Crippen molar-refractivity contribution in [3.05, 3.63) is 0 Å². The van der Waals surface area contributed by atoms with E-state index in [9.17, 15) is 0 Å². The van der Waals surface area contributed by atoms with Gasteiger partial charge in [-0.15, -0.1) is 0 Å². The highest BCUT2D eigenvalue weighted by molar-refractivity contribution is 4.94. The molecule has 0 radical (unpaired) electrons. The lowest BCUT2D eigenvalue weighted by Crippen LogP contribution is -2.46. The highest BCUT2D eigenvalue weighted by Crippen LogP contribution is 2.41. The molecule has 2 aliphatic heterocycles. The van der Waals surface area contributed by atoms with Crippen molar-refractivity contribution in [2.75, 3.05) is 13.1 Å². The molecule has 4 atom stereocenters. The average Bonchev–Trinajstić information content (AvgIpc) is 2.55. The minimum Gasteiger partial charge on any atom is -0.310 e. The fourth-order valence-corrected chi connectivity index (χ4v) is 4.88. The molecule has 2 nitrogen and oxygen atoms in total. The quantitative estimate of drug-likeness (QED) is 0.769. The van der Waals surface area contributed by atoms with Gasteiger partial charge in [0.15, 0.2) is 0 Å². The van der Waals surface area contributed by atoms with Crippen LogP contribution in [0.2, 0.25) is 0 Å². The Bertz CT molecular complexity index is 299. The third kappa shape index (κ3) is 2.75. The van der Waals surface area contributed by atoms with E-state index in [1.54, 1.807) is 0 Å². The summed E-state index contributed by atoms with van der Waals surface area (Å²) in [5.74, 6) is 0.909. The van der Waals surface area contributed by atoms with E-state index in [-0.39, 0.29) is 0 Å². The van der Waals surface area contributed by atoms with Crippen LogP contribution in [0.1, 0.15) is 59.3 Å². The number of hydrogen-bond donors (Lipinski definition) is 1. The van der Waals surface area contributed by atoms with Crippen LogP contribution in [0.3, 0.4) is 0 Å². The molecule has 2 heteroatoms. The maximum atomic E-state index is 3.81. The van der Waals surface area contributed by atoms with Crippen LogP contribution in [0.5, 0.6) is 0 Å². The molecule has 3 aliphatic rings. The first-order valence-corrected chi connectivity index (χ1v) is 8.02. The standard InChI is InChI=1S/C16H30N2/c1-12-8-15(10-16(2,3)9-12)18-7-6-13-4-5-14(11-18)17-13/h12-15,17H,4-11H2,1-3H3. The monoisotopic (exact) mass is 250 g/mol. The summed E-state index contributed by atoms with van der Waals surface area (Å²) in [5.41, 5.74) is 0.557. The normalized spacial score (nSPS) is 44.8. The zero-order valence-corrected chi connectivity index (χ0v) is 12.4. The minimum absolute atomic E-state index is 0.557. The Morgan fingerprint density at radius 3 is 2.61 bits per heavy atom. The van der Waals surface area contributed by atoms with E-state index < -0.39 is 0 Å². The van der Waals surface area contributed by atoms with Gasteiger partial charge in [0.1, 0.15) is 0 Å². The van der Waals surface area contributed by atoms with Crippen molar-refractivity contribution in [1.82, 2.24) is 10.2 Å². The van der Waals surface area contributed by atoms with Crippen LogP contribution in [-0.4, -0.2) is 36.1 Å². The molecular weight excluding hydrogens is 220 g/mol. The number of hydrogen-bond acceptors (Lipinski definition) is 2. The molecule has 2 bridgehead atoms. The Morgan fingerprint density at radius 1 is 1.06 bits per heavy atom. The second-order valence-corrected chi connectivity index (χ2v) is 7.99. The third-order valence-electron chi connectivity index (χ3n) is 5.43. The van der Waals surface area contributed by atoms with E-state index in [1.165, 1.54) is 51.6 Å². The summed E-state index contributed by atoms with van der Waals surface area (Å²) in [7, 11) is 0. The summed E-state index contributed by atoms with van der Waals surface area (Å²) >= 11 is 0. The van der Waals surface area contributed by atoms with Gasteiger partial charge in [0, 0.05) is 24.7 Å². The van der Waals surface area contributed by atoms with E-state index in [0.29, 0.717) is 5.41 Å². The van der Waals surface area contributed by atoms with Gasteiger partial charge >= 0.3 is 0 Å². The lowest BCUT2D eigenvalue weighted by molar-refractivity contribution is 0.0639. The van der Waals surface area contributed by atoms with Crippen molar-refractivity contribution in [1.29, 1.82) is 0 Å². The van der Waals surface area contributed by atoms with Crippen LogP contribution in [0.15, 0.2) is 0 Å². The molecule has 2 heterocycles. The Kier molecular flexibility index (Phi) is 3.44. The van der Waals surface area contributed by atoms with Crippen LogP contribution in [0, 0.1) is 11.3 Å². The fourth-order valence-electron chi connectivity index (χ4n) is 4.88. The first kappa shape index (κ1) is 12.9. The summed E-state index contributed by atoms with van der Waals surface area (Å²) in [6.07, 6.45) is 8.47. The zero-order chi connectivity index (χ0) is 12.8. The molecule has 1 N–H and O–H groups in total. The molecule has 3 fully saturated rings. The van der Waals surface area contributed by atoms with Crippen LogP contribution in [0.25, 0.3) is 0 Å². The van der Waals surface area contributed by atoms with E-state index in [1.807, 2.05) is 0 Å². The Balaban J connectivity index is 1.66. The first-order chi connectivity index (χ1) is 8.52. The molecule has 0 spiro atoms. The van der Waals surface area contributed by atoms with Crippen molar-refractivity contribution < 1.29 is 0 Å². The smallest absolute Gasteiger partial charge is 0.0198 e. The van der Waals surface area contributed by atoms with Gasteiger partial charge in [0.25, 0.3) is 0 Å². The van der Waals surface area contributed by atoms with Gasteiger partial charge in [-0.1, -0.05) is 20.8 Å². The molecule has 0 aromatic rings. The molecule has 2 saturated heterocycles. The average molecular weight is 250 g/mol. The summed E-state index contributed by atoms with van der Waals surface area (Å²) in [4.78, 5) is 2.83. The molecule has 3 rings (SSSR count). The predicted octanol–water partition coefficient (Wildman–Crippen LogP) is 3.03. The number of nitrogens with one attached hydrogen (secondary N) is 1. The maximum absolute atomic E-state index is 3.81. The van der Waals surface area contributed by atoms with E-state index in [4.69, 9.17) is 0 Å². The first-order valence-electron chi connectivity index (χ1n) is 8.02. The summed E-state index contributed by atoms with van der Waals surface area (Å²) in [6, 6.07) is 2.47. The molecule has 4 unspecified atom stereocenters. The van der Waals surface area contributed by atoms with Crippen molar-refractivity contribution >= 4 is 0 Å². The van der Waals surface area contributed by atoms with Crippen LogP contribution in [-0.2, 0) is 0 Å². The van der Waals surface area contributed by atoms with Gasteiger partial charge in [-0.2, -0.15) is 0 Å². The second kappa shape index (κ2) is 4.79. The van der Waals surface area contributed by atoms with Crippen LogP contribution in [0.4, 0.5) is 0 Å². The molecule has 0 aromatic heterocycles. The molecule has 18 heavy (non-hydrogen) atoms. The van der Waals surface area contributed by atoms with Crippen LogP contribution < -0.4 is 5.32 Å². The predicted molar refractivity (Wildman–Crippen MR) is 76.7 cm³/mol. The number of rotatable bonds is 1. The largest absolute Gasteiger partial charge is 0.310 e. The Hall–Kier alpha value is -0.0800. The number of fused-ring (bicyclic) bond motifs is 2. The fraction of sp³-hybridized carbons (Fsp3) is 1.00. The maximum Gasteiger partial charge on any atom is 0.0198 e. The highest BCUT2D eigenvalue weighted by atomic mass is 15.2. The van der Waals surface area contributed by atoms with Gasteiger partial charge < -0.3 is 5.32 Å². The SMILES string of the molecule is CC1CC(N2CCC3CCC(C2)N3)CC(C)(C)C1. The van der Waals surface area contributed by atoms with Crippen molar-refractivity contribution in [3.8, 4) is 0 Å². The number of nitrogens with zero attached hydrogens (tertiary/aromatic N) is 1. The van der Waals surface area contributed by atoms with E-state index >= 15 is 0 Å². The van der Waals surface area contributed by atoms with Gasteiger partial charge in [-0.05, 0) is 56.4 Å². The Morgan fingerprint density at radius 2 is 1.83 bits per heavy atom. The van der Waals surface area contributed by atoms with Gasteiger partial charge in [0.2, 0.25) is 0 Å². The summed E-state index contributed by atoms with van der Waals surface area (Å²) in [5, 5.41) is 3.81. The lowest BCUT2D eigenvalue weighted by Gasteiger charge is -2.44. The molecular formula is C16H30N2. The van der Waals surface area contributed by atoms with E-state index in [0.717, 1.165) is 24.0 Å². The minimum atomic E-state index is 0.557. The molecule has 0 aromatic carbocycles. The second-order valence-electron chi connectivity index (χ2n) is 7.99. The topological polar surface area (TPSA) is 15.3 Å². The lowest BCUT2D eigenvalue weighted by atomic mass is 9.70. The van der Waals surface area contributed by atoms with Gasteiger partial charge in [0.05, 0.1) is 0 Å². The van der Waals surface area contributed by atoms with Crippen molar-refractivity contribution in [3.63, 3.8) is 0 Å². The Labute approximate surface area is 113 Å². The number of likely N-dealkylation sites (tertiary alicyclic amines) is 1. The third-order valence-corrected chi connectivity index (χ3v) is 5.43. The van der Waals surface area contributed by atoms with Crippen molar-refractivity contribution in [2.45, 2.75) is 77.4 Å². The zero-order valence-electron chi connectivity index (χ0n) is 12.4. The molecule has 1 saturated carbocycles. The van der Waals surface area contributed by atoms with Crippen LogP contribution >= 0.6 is 0 Å².